The molecule has 3 aromatic heterocycles. The summed E-state index contributed by atoms with van der Waals surface area (Å²) in [5.41, 5.74) is -0.697. The molecule has 8 nitrogen and oxygen atoms in total. The summed E-state index contributed by atoms with van der Waals surface area (Å²) >= 11 is 2.43. The number of carbonyl (C=O) groups excluding carboxylic acids is 2. The van der Waals surface area contributed by atoms with Crippen LogP contribution >= 0.6 is 22.7 Å². The summed E-state index contributed by atoms with van der Waals surface area (Å²) < 4.78 is 45.7. The van der Waals surface area contributed by atoms with Crippen molar-refractivity contribution in [2.75, 3.05) is 6.54 Å². The van der Waals surface area contributed by atoms with Crippen molar-refractivity contribution in [3.05, 3.63) is 55.6 Å². The number of esters is 1. The van der Waals surface area contributed by atoms with Crippen LogP contribution in [0.15, 0.2) is 33.8 Å². The minimum absolute atomic E-state index is 0.0688. The van der Waals surface area contributed by atoms with Gasteiger partial charge in [-0.3, -0.25) is 14.4 Å². The van der Waals surface area contributed by atoms with E-state index in [1.165, 1.54) is 17.4 Å². The Morgan fingerprint density at radius 1 is 1.20 bits per heavy atom. The van der Waals surface area contributed by atoms with E-state index in [2.05, 4.69) is 15.4 Å². The summed E-state index contributed by atoms with van der Waals surface area (Å²) in [6, 6.07) is 3.30. The molecule has 35 heavy (non-hydrogen) atoms. The van der Waals surface area contributed by atoms with Crippen LogP contribution in [0.3, 0.4) is 0 Å². The zero-order chi connectivity index (χ0) is 25.3. The van der Waals surface area contributed by atoms with E-state index < -0.39 is 29.2 Å². The maximum Gasteiger partial charge on any atom is 0.416 e. The molecule has 0 saturated carbocycles. The summed E-state index contributed by atoms with van der Waals surface area (Å²) in [5.74, 6) is -1.05. The number of hydrogen-bond donors (Lipinski definition) is 1. The standard InChI is InChI=1S/C22H19F3N4O4S2/c1-11(2)33-20(31)7-26-18(30)6-15-13-9-34-10-14(13)21(32)29(28-15)8-19-27-16-5-12(22(23,24)25)3-4-17(16)35-19/h3-5,9-11H,6-8H2,1-2H3,(H,26,30). The van der Waals surface area contributed by atoms with Crippen LogP contribution in [0.25, 0.3) is 21.0 Å². The van der Waals surface area contributed by atoms with E-state index in [1.807, 2.05) is 0 Å². The quantitative estimate of drug-likeness (QED) is 0.370. The SMILES string of the molecule is CC(C)OC(=O)CNC(=O)Cc1nn(Cc2nc3cc(C(F)(F)F)ccc3s2)c(=O)c2cscc12. The van der Waals surface area contributed by atoms with Gasteiger partial charge in [-0.05, 0) is 32.0 Å². The van der Waals surface area contributed by atoms with Crippen LogP contribution in [0.2, 0.25) is 0 Å². The minimum atomic E-state index is -4.48. The molecule has 4 aromatic rings. The predicted molar refractivity (Wildman–Crippen MR) is 126 cm³/mol. The average molecular weight is 525 g/mol. The zero-order valence-electron chi connectivity index (χ0n) is 18.5. The fourth-order valence-electron chi connectivity index (χ4n) is 3.35. The number of thiazole rings is 1. The molecule has 0 atom stereocenters. The van der Waals surface area contributed by atoms with Crippen molar-refractivity contribution in [1.29, 1.82) is 0 Å². The van der Waals surface area contributed by atoms with E-state index in [0.717, 1.165) is 28.2 Å². The highest BCUT2D eigenvalue weighted by atomic mass is 32.1. The van der Waals surface area contributed by atoms with E-state index >= 15 is 0 Å². The highest BCUT2D eigenvalue weighted by Gasteiger charge is 2.30. The first-order chi connectivity index (χ1) is 16.5. The van der Waals surface area contributed by atoms with Gasteiger partial charge in [-0.15, -0.1) is 11.3 Å². The normalized spacial score (nSPS) is 11.9. The molecule has 0 unspecified atom stereocenters. The Bertz CT molecular complexity index is 1470. The number of aromatic nitrogens is 3. The number of amides is 1. The van der Waals surface area contributed by atoms with Crippen molar-refractivity contribution in [3.8, 4) is 0 Å². The molecule has 1 aromatic carbocycles. The van der Waals surface area contributed by atoms with E-state index in [-0.39, 0.29) is 31.1 Å². The van der Waals surface area contributed by atoms with Gasteiger partial charge >= 0.3 is 12.1 Å². The van der Waals surface area contributed by atoms with Crippen molar-refractivity contribution < 1.29 is 27.5 Å². The number of nitrogens with zero attached hydrogens (tertiary/aromatic N) is 3. The number of benzene rings is 1. The molecule has 0 aliphatic carbocycles. The highest BCUT2D eigenvalue weighted by molar-refractivity contribution is 7.18. The zero-order valence-corrected chi connectivity index (χ0v) is 20.1. The molecule has 0 radical (unpaired) electrons. The van der Waals surface area contributed by atoms with Crippen LogP contribution in [-0.2, 0) is 33.5 Å². The minimum Gasteiger partial charge on any atom is -0.462 e. The first-order valence-corrected chi connectivity index (χ1v) is 12.2. The number of thiophene rings is 1. The molecule has 3 heterocycles. The Labute approximate surface area is 204 Å². The molecular formula is C22H19F3N4O4S2. The molecular weight excluding hydrogens is 505 g/mol. The van der Waals surface area contributed by atoms with Crippen LogP contribution in [0.1, 0.15) is 30.1 Å². The van der Waals surface area contributed by atoms with Crippen LogP contribution in [-0.4, -0.2) is 39.3 Å². The maximum absolute atomic E-state index is 13.0. The second-order valence-corrected chi connectivity index (χ2v) is 9.75. The van der Waals surface area contributed by atoms with Gasteiger partial charge in [0.25, 0.3) is 5.56 Å². The van der Waals surface area contributed by atoms with Gasteiger partial charge in [0.05, 0.1) is 45.9 Å². The number of hydrogen-bond acceptors (Lipinski definition) is 8. The number of rotatable bonds is 7. The Hall–Kier alpha value is -3.32. The van der Waals surface area contributed by atoms with Crippen LogP contribution < -0.4 is 10.9 Å². The first kappa shape index (κ1) is 24.8. The molecule has 0 spiro atoms. The fourth-order valence-corrected chi connectivity index (χ4v) is 5.11. The molecule has 184 valence electrons. The van der Waals surface area contributed by atoms with Crippen molar-refractivity contribution in [1.82, 2.24) is 20.1 Å². The van der Waals surface area contributed by atoms with Gasteiger partial charge in [-0.2, -0.15) is 29.6 Å². The molecule has 0 aliphatic heterocycles. The first-order valence-electron chi connectivity index (χ1n) is 10.4. The molecule has 13 heteroatoms. The second kappa shape index (κ2) is 9.74. The Balaban J connectivity index is 1.58. The predicted octanol–water partition coefficient (Wildman–Crippen LogP) is 3.75. The van der Waals surface area contributed by atoms with Crippen molar-refractivity contribution >= 4 is 55.5 Å². The van der Waals surface area contributed by atoms with Gasteiger partial charge < -0.3 is 10.1 Å². The van der Waals surface area contributed by atoms with Crippen molar-refractivity contribution in [2.45, 2.75) is 39.1 Å². The smallest absolute Gasteiger partial charge is 0.416 e. The van der Waals surface area contributed by atoms with Crippen LogP contribution in [0.5, 0.6) is 0 Å². The lowest BCUT2D eigenvalue weighted by Gasteiger charge is -2.10. The third-order valence-corrected chi connectivity index (χ3v) is 6.61. The molecule has 0 saturated heterocycles. The van der Waals surface area contributed by atoms with Gasteiger partial charge in [0.1, 0.15) is 11.6 Å². The number of halogens is 3. The van der Waals surface area contributed by atoms with Crippen molar-refractivity contribution in [3.63, 3.8) is 0 Å². The third-order valence-electron chi connectivity index (χ3n) is 4.85. The van der Waals surface area contributed by atoms with Gasteiger partial charge in [0.15, 0.2) is 0 Å². The second-order valence-electron chi connectivity index (χ2n) is 7.89. The van der Waals surface area contributed by atoms with E-state index in [9.17, 15) is 27.6 Å². The molecule has 0 fully saturated rings. The Morgan fingerprint density at radius 3 is 2.66 bits per heavy atom. The van der Waals surface area contributed by atoms with Gasteiger partial charge in [-0.25, -0.2) is 9.67 Å². The number of fused-ring (bicyclic) bond motifs is 2. The largest absolute Gasteiger partial charge is 0.462 e. The molecule has 0 aliphatic rings. The van der Waals surface area contributed by atoms with Crippen LogP contribution in [0.4, 0.5) is 13.2 Å². The fraction of sp³-hybridized carbons (Fsp3) is 0.318. The average Bonchev–Trinajstić information content (AvgIpc) is 3.41. The maximum atomic E-state index is 13.0. The monoisotopic (exact) mass is 524 g/mol. The lowest BCUT2D eigenvalue weighted by Crippen LogP contribution is -2.33. The molecule has 0 bridgehead atoms. The number of carbonyl (C=O) groups is 2. The summed E-state index contributed by atoms with van der Waals surface area (Å²) in [7, 11) is 0. The van der Waals surface area contributed by atoms with E-state index in [4.69, 9.17) is 4.74 Å². The Morgan fingerprint density at radius 2 is 1.94 bits per heavy atom. The number of alkyl halides is 3. The van der Waals surface area contributed by atoms with E-state index in [0.29, 0.717) is 26.2 Å². The summed E-state index contributed by atoms with van der Waals surface area (Å²) in [4.78, 5) is 41.2. The highest BCUT2D eigenvalue weighted by Crippen LogP contribution is 2.33. The summed E-state index contributed by atoms with van der Waals surface area (Å²) in [5, 5.41) is 11.4. The topological polar surface area (TPSA) is 103 Å². The van der Waals surface area contributed by atoms with Gasteiger partial charge in [-0.1, -0.05) is 0 Å². The van der Waals surface area contributed by atoms with Gasteiger partial charge in [0, 0.05) is 16.1 Å². The molecule has 4 rings (SSSR count). The molecule has 1 amide bonds. The van der Waals surface area contributed by atoms with Crippen LogP contribution in [0, 0.1) is 0 Å². The molecule has 1 N–H and O–H groups in total. The Kier molecular flexibility index (Phi) is 6.90. The lowest BCUT2D eigenvalue weighted by molar-refractivity contribution is -0.147. The van der Waals surface area contributed by atoms with E-state index in [1.54, 1.807) is 24.6 Å². The summed E-state index contributed by atoms with van der Waals surface area (Å²) in [6.45, 7) is 3.03. The third kappa shape index (κ3) is 5.68. The van der Waals surface area contributed by atoms with Crippen molar-refractivity contribution in [2.24, 2.45) is 0 Å². The number of nitrogens with one attached hydrogen (secondary N) is 1. The number of ether oxygens (including phenoxy) is 1. The lowest BCUT2D eigenvalue weighted by atomic mass is 10.2. The van der Waals surface area contributed by atoms with Gasteiger partial charge in [0.2, 0.25) is 5.91 Å². The summed E-state index contributed by atoms with van der Waals surface area (Å²) in [6.07, 6.45) is -4.98.